The van der Waals surface area contributed by atoms with Gasteiger partial charge in [-0.05, 0) is 49.4 Å². The van der Waals surface area contributed by atoms with Gasteiger partial charge in [0, 0.05) is 18.0 Å². The molecule has 0 spiro atoms. The Hall–Kier alpha value is -3.49. The van der Waals surface area contributed by atoms with Gasteiger partial charge in [0.2, 0.25) is 0 Å². The molecule has 4 aromatic rings. The Morgan fingerprint density at radius 2 is 1.73 bits per heavy atom. The maximum Gasteiger partial charge on any atom is 0.317 e. The first-order chi connectivity index (χ1) is 15.8. The van der Waals surface area contributed by atoms with Crippen LogP contribution in [0.25, 0.3) is 10.6 Å². The second-order valence-electron chi connectivity index (χ2n) is 7.44. The number of esters is 1. The number of hydrogen-bond donors (Lipinski definition) is 0. The van der Waals surface area contributed by atoms with Gasteiger partial charge in [-0.3, -0.25) is 9.10 Å². The zero-order valence-electron chi connectivity index (χ0n) is 18.1. The molecule has 6 nitrogen and oxygen atoms in total. The van der Waals surface area contributed by atoms with Crippen molar-refractivity contribution in [2.24, 2.45) is 0 Å². The van der Waals surface area contributed by atoms with E-state index >= 15 is 0 Å². The maximum absolute atomic E-state index is 12.8. The van der Waals surface area contributed by atoms with Crippen molar-refractivity contribution < 1.29 is 17.9 Å². The summed E-state index contributed by atoms with van der Waals surface area (Å²) < 4.78 is 32.1. The summed E-state index contributed by atoms with van der Waals surface area (Å²) >= 11 is 1.48. The van der Waals surface area contributed by atoms with Gasteiger partial charge in [0.15, 0.2) is 0 Å². The second-order valence-corrected chi connectivity index (χ2v) is 10.3. The molecule has 1 heterocycles. The minimum absolute atomic E-state index is 0.0480. The van der Waals surface area contributed by atoms with Crippen LogP contribution in [0.1, 0.15) is 11.3 Å². The third kappa shape index (κ3) is 5.30. The lowest BCUT2D eigenvalue weighted by Crippen LogP contribution is -2.26. The maximum atomic E-state index is 12.8. The molecule has 4 rings (SSSR count). The van der Waals surface area contributed by atoms with Crippen LogP contribution in [0.4, 0.5) is 5.69 Å². The Morgan fingerprint density at radius 1 is 1.00 bits per heavy atom. The summed E-state index contributed by atoms with van der Waals surface area (Å²) in [6.45, 7) is 2.02. The molecule has 3 aromatic carbocycles. The molecule has 0 N–H and O–H groups in total. The van der Waals surface area contributed by atoms with Crippen molar-refractivity contribution in [1.29, 1.82) is 0 Å². The zero-order chi connectivity index (χ0) is 23.4. The highest BCUT2D eigenvalue weighted by molar-refractivity contribution is 7.92. The highest BCUT2D eigenvalue weighted by Crippen LogP contribution is 2.26. The summed E-state index contributed by atoms with van der Waals surface area (Å²) in [5, 5.41) is 2.71. The molecule has 0 atom stereocenters. The van der Waals surface area contributed by atoms with Crippen LogP contribution in [0.3, 0.4) is 0 Å². The molecule has 168 valence electrons. The lowest BCUT2D eigenvalue weighted by atomic mass is 10.1. The number of anilines is 1. The van der Waals surface area contributed by atoms with Gasteiger partial charge in [0.05, 0.1) is 22.7 Å². The SMILES string of the molecule is Cc1cccc(-c2nc(CC(=O)Oc3ccc(N(C)S(=O)(=O)c4ccccc4)cc3)cs2)c1. The standard InChI is InChI=1S/C25H22N2O4S2/c1-18-7-6-8-19(15-18)25-26-20(17-32-25)16-24(28)31-22-13-11-21(12-14-22)27(2)33(29,30)23-9-4-3-5-10-23/h3-15,17H,16H2,1-2H3. The predicted molar refractivity (Wildman–Crippen MR) is 130 cm³/mol. The van der Waals surface area contributed by atoms with Crippen molar-refractivity contribution in [3.8, 4) is 16.3 Å². The highest BCUT2D eigenvalue weighted by atomic mass is 32.2. The van der Waals surface area contributed by atoms with Crippen LogP contribution < -0.4 is 9.04 Å². The Kier molecular flexibility index (Phi) is 6.57. The van der Waals surface area contributed by atoms with Crippen LogP contribution in [-0.4, -0.2) is 26.4 Å². The molecule has 0 radical (unpaired) electrons. The Bertz CT molecular complexity index is 1370. The minimum Gasteiger partial charge on any atom is -0.426 e. The Labute approximate surface area is 197 Å². The number of hydrogen-bond acceptors (Lipinski definition) is 6. The first kappa shape index (κ1) is 22.7. The number of aromatic nitrogens is 1. The van der Waals surface area contributed by atoms with Crippen molar-refractivity contribution in [2.75, 3.05) is 11.4 Å². The van der Waals surface area contributed by atoms with E-state index in [-0.39, 0.29) is 11.3 Å². The second kappa shape index (κ2) is 9.56. The minimum atomic E-state index is -3.67. The summed E-state index contributed by atoms with van der Waals surface area (Å²) in [5.74, 6) is -0.0995. The van der Waals surface area contributed by atoms with Gasteiger partial charge in [-0.15, -0.1) is 11.3 Å². The number of nitrogens with zero attached hydrogens (tertiary/aromatic N) is 2. The fourth-order valence-electron chi connectivity index (χ4n) is 3.23. The van der Waals surface area contributed by atoms with E-state index in [4.69, 9.17) is 4.74 Å². The fraction of sp³-hybridized carbons (Fsp3) is 0.120. The molecular weight excluding hydrogens is 456 g/mol. The van der Waals surface area contributed by atoms with E-state index in [0.717, 1.165) is 16.1 Å². The van der Waals surface area contributed by atoms with Crippen LogP contribution in [-0.2, 0) is 21.2 Å². The normalized spacial score (nSPS) is 11.2. The Balaban J connectivity index is 1.40. The third-order valence-electron chi connectivity index (χ3n) is 4.98. The van der Waals surface area contributed by atoms with Crippen molar-refractivity contribution in [1.82, 2.24) is 4.98 Å². The molecule has 0 unspecified atom stereocenters. The lowest BCUT2D eigenvalue weighted by Gasteiger charge is -2.19. The van der Waals surface area contributed by atoms with Gasteiger partial charge in [0.25, 0.3) is 10.0 Å². The van der Waals surface area contributed by atoms with Crippen LogP contribution in [0.5, 0.6) is 5.75 Å². The van der Waals surface area contributed by atoms with E-state index in [9.17, 15) is 13.2 Å². The summed E-state index contributed by atoms with van der Waals surface area (Å²) in [5.41, 5.74) is 3.27. The molecule has 0 saturated carbocycles. The third-order valence-corrected chi connectivity index (χ3v) is 7.72. The zero-order valence-corrected chi connectivity index (χ0v) is 19.8. The largest absolute Gasteiger partial charge is 0.426 e. The molecule has 0 aliphatic heterocycles. The topological polar surface area (TPSA) is 76.6 Å². The molecule has 33 heavy (non-hydrogen) atoms. The van der Waals surface area contributed by atoms with Crippen molar-refractivity contribution >= 4 is 33.0 Å². The number of rotatable bonds is 7. The monoisotopic (exact) mass is 478 g/mol. The van der Waals surface area contributed by atoms with E-state index in [2.05, 4.69) is 11.1 Å². The molecule has 0 aliphatic rings. The van der Waals surface area contributed by atoms with E-state index in [1.165, 1.54) is 22.7 Å². The first-order valence-corrected chi connectivity index (χ1v) is 12.5. The van der Waals surface area contributed by atoms with Crippen LogP contribution in [0.2, 0.25) is 0 Å². The first-order valence-electron chi connectivity index (χ1n) is 10.2. The lowest BCUT2D eigenvalue weighted by molar-refractivity contribution is -0.133. The summed E-state index contributed by atoms with van der Waals surface area (Å²) in [6.07, 6.45) is 0.0480. The molecule has 0 amide bonds. The van der Waals surface area contributed by atoms with E-state index in [1.54, 1.807) is 54.6 Å². The number of thiazole rings is 1. The molecule has 0 fully saturated rings. The number of benzene rings is 3. The quantitative estimate of drug-likeness (QED) is 0.273. The van der Waals surface area contributed by atoms with E-state index in [1.807, 2.05) is 30.5 Å². The van der Waals surface area contributed by atoms with Gasteiger partial charge in [-0.1, -0.05) is 42.0 Å². The number of ether oxygens (including phenoxy) is 1. The van der Waals surface area contributed by atoms with Crippen molar-refractivity contribution in [2.45, 2.75) is 18.2 Å². The summed E-state index contributed by atoms with van der Waals surface area (Å²) in [7, 11) is -2.19. The van der Waals surface area contributed by atoms with Crippen molar-refractivity contribution in [3.05, 3.63) is 95.5 Å². The van der Waals surface area contributed by atoms with Gasteiger partial charge in [-0.2, -0.15) is 0 Å². The average Bonchev–Trinajstić information content (AvgIpc) is 3.28. The molecule has 0 saturated heterocycles. The number of aryl methyl sites for hydroxylation is 1. The molecule has 0 aliphatic carbocycles. The summed E-state index contributed by atoms with van der Waals surface area (Å²) in [6, 6.07) is 22.6. The number of carbonyl (C=O) groups excluding carboxylic acids is 1. The number of sulfonamides is 1. The fourth-order valence-corrected chi connectivity index (χ4v) is 5.26. The molecule has 0 bridgehead atoms. The van der Waals surface area contributed by atoms with Gasteiger partial charge in [-0.25, -0.2) is 13.4 Å². The van der Waals surface area contributed by atoms with Crippen LogP contribution in [0, 0.1) is 6.92 Å². The summed E-state index contributed by atoms with van der Waals surface area (Å²) in [4.78, 5) is 17.1. The van der Waals surface area contributed by atoms with Crippen molar-refractivity contribution in [3.63, 3.8) is 0 Å². The Morgan fingerprint density at radius 3 is 2.42 bits per heavy atom. The predicted octanol–water partition coefficient (Wildman–Crippen LogP) is 5.09. The van der Waals surface area contributed by atoms with E-state index in [0.29, 0.717) is 17.1 Å². The van der Waals surface area contributed by atoms with E-state index < -0.39 is 16.0 Å². The van der Waals surface area contributed by atoms with Crippen LogP contribution >= 0.6 is 11.3 Å². The van der Waals surface area contributed by atoms with Gasteiger partial charge in [0.1, 0.15) is 10.8 Å². The number of carbonyl (C=O) groups is 1. The smallest absolute Gasteiger partial charge is 0.317 e. The van der Waals surface area contributed by atoms with Crippen LogP contribution in [0.15, 0.2) is 89.1 Å². The average molecular weight is 479 g/mol. The molecular formula is C25H22N2O4S2. The van der Waals surface area contributed by atoms with Gasteiger partial charge < -0.3 is 4.74 Å². The molecule has 1 aromatic heterocycles. The molecule has 8 heteroatoms. The van der Waals surface area contributed by atoms with Gasteiger partial charge >= 0.3 is 5.97 Å². The highest BCUT2D eigenvalue weighted by Gasteiger charge is 2.21.